The number of aryl methyl sites for hydroxylation is 2. The summed E-state index contributed by atoms with van der Waals surface area (Å²) in [6.45, 7) is 9.27. The van der Waals surface area contributed by atoms with Gasteiger partial charge in [-0.2, -0.15) is 0 Å². The van der Waals surface area contributed by atoms with Gasteiger partial charge in [-0.25, -0.2) is 0 Å². The zero-order valence-corrected chi connectivity index (χ0v) is 26.0. The Bertz CT molecular complexity index is 1630. The van der Waals surface area contributed by atoms with Crippen LogP contribution in [0, 0.1) is 27.7 Å². The Morgan fingerprint density at radius 3 is 1.47 bits per heavy atom. The van der Waals surface area contributed by atoms with Gasteiger partial charge < -0.3 is 19.3 Å². The van der Waals surface area contributed by atoms with Crippen molar-refractivity contribution < 1.29 is 19.3 Å². The van der Waals surface area contributed by atoms with Gasteiger partial charge in [-0.3, -0.25) is 0 Å². The molecule has 0 atom stereocenters. The minimum Gasteiger partial charge on any atom is -0.823 e. The lowest BCUT2D eigenvalue weighted by atomic mass is 9.95. The van der Waals surface area contributed by atoms with Crippen molar-refractivity contribution >= 4 is 19.0 Å². The van der Waals surface area contributed by atoms with Gasteiger partial charge in [0.1, 0.15) is 37.1 Å². The molecule has 43 heavy (non-hydrogen) atoms. The third kappa shape index (κ3) is 7.73. The van der Waals surface area contributed by atoms with Gasteiger partial charge in [0, 0.05) is 12.1 Å². The number of benzene rings is 5. The first-order chi connectivity index (χ1) is 20.9. The molecule has 0 spiro atoms. The fourth-order valence-electron chi connectivity index (χ4n) is 4.95. The molecule has 0 fully saturated rings. The lowest BCUT2D eigenvalue weighted by Crippen LogP contribution is -2.22. The topological polar surface area (TPSA) is 50.8 Å². The molecule has 0 aromatic heterocycles. The van der Waals surface area contributed by atoms with E-state index in [0.717, 1.165) is 38.9 Å². The Hall–Kier alpha value is -4.37. The van der Waals surface area contributed by atoms with Gasteiger partial charge in [0.05, 0.1) is 5.30 Å². The van der Waals surface area contributed by atoms with Crippen molar-refractivity contribution in [3.8, 4) is 17.2 Å². The van der Waals surface area contributed by atoms with E-state index in [1.807, 2.05) is 117 Å². The van der Waals surface area contributed by atoms with Gasteiger partial charge in [0.25, 0.3) is 0 Å². The van der Waals surface area contributed by atoms with Crippen LogP contribution in [0.15, 0.2) is 109 Å². The summed E-state index contributed by atoms with van der Waals surface area (Å²) < 4.78 is 19.1. The monoisotopic (exact) mass is 587 g/mol. The predicted octanol–water partition coefficient (Wildman–Crippen LogP) is 7.77. The van der Waals surface area contributed by atoms with Crippen molar-refractivity contribution in [1.29, 1.82) is 0 Å². The normalized spacial score (nSPS) is 11.3. The second-order valence-corrected chi connectivity index (χ2v) is 11.7. The van der Waals surface area contributed by atoms with E-state index in [0.29, 0.717) is 50.6 Å². The van der Waals surface area contributed by atoms with E-state index in [2.05, 4.69) is 19.9 Å². The van der Waals surface area contributed by atoms with Crippen molar-refractivity contribution in [1.82, 2.24) is 0 Å². The maximum Gasteiger partial charge on any atom is 0.139 e. The first kappa shape index (κ1) is 30.1. The molecule has 0 unspecified atom stereocenters. The smallest absolute Gasteiger partial charge is 0.139 e. The van der Waals surface area contributed by atoms with Crippen molar-refractivity contribution in [3.63, 3.8) is 0 Å². The second-order valence-electron chi connectivity index (χ2n) is 10.6. The second kappa shape index (κ2) is 14.2. The Labute approximate surface area is 256 Å². The van der Waals surface area contributed by atoms with Crippen LogP contribution in [0.3, 0.4) is 0 Å². The minimum absolute atomic E-state index is 0.00479. The summed E-state index contributed by atoms with van der Waals surface area (Å²) in [7, 11) is 0.471. The fourth-order valence-corrected chi connectivity index (χ4v) is 6.09. The third-order valence-electron chi connectivity index (χ3n) is 7.52. The van der Waals surface area contributed by atoms with Crippen molar-refractivity contribution in [3.05, 3.63) is 154 Å². The van der Waals surface area contributed by atoms with E-state index in [1.165, 1.54) is 5.56 Å². The van der Waals surface area contributed by atoms with E-state index in [1.54, 1.807) is 0 Å². The van der Waals surface area contributed by atoms with E-state index in [4.69, 9.17) is 14.2 Å². The number of hydrogen-bond acceptors (Lipinski definition) is 4. The van der Waals surface area contributed by atoms with Crippen LogP contribution in [-0.4, -0.2) is 5.48 Å². The maximum absolute atomic E-state index is 14.0. The van der Waals surface area contributed by atoms with E-state index in [9.17, 15) is 5.11 Å². The zero-order chi connectivity index (χ0) is 30.2. The number of ether oxygens (including phenoxy) is 3. The SMILES string of the molecule is Cc1cc(C)c(C([O-])=Pc2c(OCc3ccccc3)cc(OCc3ccccc3)cc2OCc2ccccc2)c(C)c1C. The van der Waals surface area contributed by atoms with Gasteiger partial charge >= 0.3 is 0 Å². The van der Waals surface area contributed by atoms with Gasteiger partial charge in [0.2, 0.25) is 0 Å². The average molecular weight is 588 g/mol. The standard InChI is InChI=1S/C38H37O4P/c1-26-20-27(2)36(29(4)28(26)3)38(39)43-37-34(41-24-31-16-10-6-11-17-31)21-33(40-23-30-14-8-5-9-15-30)22-35(37)42-25-32-18-12-7-13-19-32/h5-22,39H,23-25H2,1-4H3/p-1. The first-order valence-corrected chi connectivity index (χ1v) is 15.3. The molecule has 0 amide bonds. The molecular formula is C38H36O4P-. The van der Waals surface area contributed by atoms with E-state index < -0.39 is 0 Å². The Kier molecular flexibility index (Phi) is 9.94. The van der Waals surface area contributed by atoms with E-state index >= 15 is 0 Å². The molecule has 5 rings (SSSR count). The molecule has 0 aliphatic carbocycles. The van der Waals surface area contributed by atoms with Gasteiger partial charge in [-0.15, -0.1) is 5.48 Å². The summed E-state index contributed by atoms with van der Waals surface area (Å²) in [6.07, 6.45) is 0. The highest BCUT2D eigenvalue weighted by atomic mass is 31.1. The van der Waals surface area contributed by atoms with Crippen LogP contribution in [0.4, 0.5) is 0 Å². The highest BCUT2D eigenvalue weighted by molar-refractivity contribution is 7.49. The zero-order valence-electron chi connectivity index (χ0n) is 25.1. The molecule has 218 valence electrons. The van der Waals surface area contributed by atoms with Crippen LogP contribution in [0.5, 0.6) is 17.2 Å². The lowest BCUT2D eigenvalue weighted by molar-refractivity contribution is -0.207. The quantitative estimate of drug-likeness (QED) is 0.148. The molecule has 0 aliphatic rings. The van der Waals surface area contributed by atoms with Crippen LogP contribution in [0.1, 0.15) is 44.5 Å². The van der Waals surface area contributed by atoms with Crippen LogP contribution < -0.4 is 24.6 Å². The van der Waals surface area contributed by atoms with Crippen LogP contribution in [-0.2, 0) is 19.8 Å². The first-order valence-electron chi connectivity index (χ1n) is 14.4. The summed E-state index contributed by atoms with van der Waals surface area (Å²) in [5.74, 6) is 1.73. The van der Waals surface area contributed by atoms with Crippen LogP contribution in [0.2, 0.25) is 0 Å². The molecule has 0 saturated heterocycles. The molecule has 0 heterocycles. The average Bonchev–Trinajstić information content (AvgIpc) is 3.03. The van der Waals surface area contributed by atoms with Crippen molar-refractivity contribution in [2.75, 3.05) is 0 Å². The highest BCUT2D eigenvalue weighted by Gasteiger charge is 2.16. The Morgan fingerprint density at radius 1 is 0.558 bits per heavy atom. The summed E-state index contributed by atoms with van der Waals surface area (Å²) in [5, 5.41) is 14.7. The Morgan fingerprint density at radius 2 is 1.00 bits per heavy atom. The third-order valence-corrected chi connectivity index (χ3v) is 8.61. The molecule has 0 N–H and O–H groups in total. The molecular weight excluding hydrogens is 551 g/mol. The van der Waals surface area contributed by atoms with E-state index in [-0.39, 0.29) is 5.48 Å². The lowest BCUT2D eigenvalue weighted by Gasteiger charge is -2.23. The fraction of sp³-hybridized carbons (Fsp3) is 0.184. The minimum atomic E-state index is 0.00479. The Balaban J connectivity index is 1.59. The molecule has 4 nitrogen and oxygen atoms in total. The highest BCUT2D eigenvalue weighted by Crippen LogP contribution is 2.33. The summed E-state index contributed by atoms with van der Waals surface area (Å²) in [6, 6.07) is 35.8. The van der Waals surface area contributed by atoms with Gasteiger partial charge in [-0.05, 0) is 72.2 Å². The van der Waals surface area contributed by atoms with Crippen molar-refractivity contribution in [2.45, 2.75) is 47.5 Å². The van der Waals surface area contributed by atoms with Gasteiger partial charge in [0.15, 0.2) is 0 Å². The molecule has 0 radical (unpaired) electrons. The molecule has 0 saturated carbocycles. The largest absolute Gasteiger partial charge is 0.823 e. The molecule has 5 aromatic carbocycles. The van der Waals surface area contributed by atoms with Crippen LogP contribution >= 0.6 is 8.20 Å². The number of hydrogen-bond donors (Lipinski definition) is 0. The molecule has 0 aliphatic heterocycles. The maximum atomic E-state index is 14.0. The van der Waals surface area contributed by atoms with Gasteiger partial charge in [-0.1, -0.05) is 105 Å². The van der Waals surface area contributed by atoms with Crippen LogP contribution in [0.25, 0.3) is 0 Å². The molecule has 0 bridgehead atoms. The predicted molar refractivity (Wildman–Crippen MR) is 175 cm³/mol. The van der Waals surface area contributed by atoms with Crippen molar-refractivity contribution in [2.24, 2.45) is 0 Å². The number of rotatable bonds is 11. The summed E-state index contributed by atoms with van der Waals surface area (Å²) >= 11 is 0. The summed E-state index contributed by atoms with van der Waals surface area (Å²) in [4.78, 5) is 0. The molecule has 5 aromatic rings. The summed E-state index contributed by atoms with van der Waals surface area (Å²) in [5.41, 5.74) is 8.16. The molecule has 5 heteroatoms.